The lowest BCUT2D eigenvalue weighted by Gasteiger charge is -2.24. The topological polar surface area (TPSA) is 49.4 Å². The Hall–Kier alpha value is -2.83. The van der Waals surface area contributed by atoms with Gasteiger partial charge in [-0.15, -0.1) is 0 Å². The van der Waals surface area contributed by atoms with Gasteiger partial charge in [-0.1, -0.05) is 48.5 Å². The lowest BCUT2D eigenvalue weighted by Crippen LogP contribution is -2.34. The third-order valence-electron chi connectivity index (χ3n) is 4.11. The molecule has 0 aliphatic carbocycles. The summed E-state index contributed by atoms with van der Waals surface area (Å²) in [5.41, 5.74) is 0.0212. The second kappa shape index (κ2) is 8.70. The summed E-state index contributed by atoms with van der Waals surface area (Å²) < 4.78 is 39.4. The maximum Gasteiger partial charge on any atom is 0.416 e. The summed E-state index contributed by atoms with van der Waals surface area (Å²) in [5, 5.41) is 2.72. The number of halogens is 3. The molecule has 0 saturated carbocycles. The summed E-state index contributed by atoms with van der Waals surface area (Å²) in [6.45, 7) is 1.18. The number of amides is 2. The van der Waals surface area contributed by atoms with E-state index in [1.165, 1.54) is 37.1 Å². The van der Waals surface area contributed by atoms with Crippen molar-refractivity contribution in [3.63, 3.8) is 0 Å². The molecule has 0 bridgehead atoms. The fraction of sp³-hybridized carbons (Fsp3) is 0.300. The van der Waals surface area contributed by atoms with E-state index < -0.39 is 17.8 Å². The van der Waals surface area contributed by atoms with Gasteiger partial charge >= 0.3 is 6.18 Å². The largest absolute Gasteiger partial charge is 0.416 e. The minimum absolute atomic E-state index is 0.0247. The molecule has 2 amide bonds. The van der Waals surface area contributed by atoms with Crippen molar-refractivity contribution >= 4 is 11.8 Å². The highest BCUT2D eigenvalue weighted by molar-refractivity contribution is 5.79. The molecule has 0 aliphatic heterocycles. The maximum atomic E-state index is 13.1. The van der Waals surface area contributed by atoms with Crippen LogP contribution in [0.1, 0.15) is 36.1 Å². The maximum absolute atomic E-state index is 13.1. The summed E-state index contributed by atoms with van der Waals surface area (Å²) in [6.07, 6.45) is -4.53. The Labute approximate surface area is 156 Å². The minimum Gasteiger partial charge on any atom is -0.349 e. The standard InChI is InChI=1S/C20H21F3N2O2/c1-14(26)24-18(15-8-4-3-5-9-15)12-19(27)25(2)13-16-10-6-7-11-17(16)20(21,22)23/h3-11,18H,12-13H2,1-2H3,(H,24,26). The van der Waals surface area contributed by atoms with Gasteiger partial charge < -0.3 is 10.2 Å². The van der Waals surface area contributed by atoms with Crippen LogP contribution in [-0.4, -0.2) is 23.8 Å². The van der Waals surface area contributed by atoms with Crippen LogP contribution in [-0.2, 0) is 22.3 Å². The van der Waals surface area contributed by atoms with Gasteiger partial charge in [0.05, 0.1) is 18.0 Å². The molecule has 0 radical (unpaired) electrons. The molecule has 2 aromatic carbocycles. The molecule has 0 fully saturated rings. The van der Waals surface area contributed by atoms with Crippen LogP contribution in [0.5, 0.6) is 0 Å². The van der Waals surface area contributed by atoms with Gasteiger partial charge in [0.25, 0.3) is 0 Å². The molecule has 0 aromatic heterocycles. The third-order valence-corrected chi connectivity index (χ3v) is 4.11. The molecule has 4 nitrogen and oxygen atoms in total. The molecule has 27 heavy (non-hydrogen) atoms. The molecule has 0 aliphatic rings. The number of carbonyl (C=O) groups is 2. The monoisotopic (exact) mass is 378 g/mol. The van der Waals surface area contributed by atoms with Crippen LogP contribution in [0.25, 0.3) is 0 Å². The van der Waals surface area contributed by atoms with Gasteiger partial charge in [-0.3, -0.25) is 9.59 Å². The summed E-state index contributed by atoms with van der Waals surface area (Å²) in [4.78, 5) is 25.3. The van der Waals surface area contributed by atoms with Gasteiger partial charge in [0.1, 0.15) is 0 Å². The number of hydrogen-bond donors (Lipinski definition) is 1. The van der Waals surface area contributed by atoms with Gasteiger partial charge in [-0.2, -0.15) is 13.2 Å². The first kappa shape index (κ1) is 20.5. The highest BCUT2D eigenvalue weighted by Gasteiger charge is 2.33. The van der Waals surface area contributed by atoms with Gasteiger partial charge in [-0.25, -0.2) is 0 Å². The van der Waals surface area contributed by atoms with Crippen LogP contribution >= 0.6 is 0 Å². The Morgan fingerprint density at radius 3 is 2.22 bits per heavy atom. The van der Waals surface area contributed by atoms with Crippen LogP contribution in [0.4, 0.5) is 13.2 Å². The van der Waals surface area contributed by atoms with Crippen molar-refractivity contribution in [2.45, 2.75) is 32.1 Å². The zero-order valence-electron chi connectivity index (χ0n) is 15.1. The van der Waals surface area contributed by atoms with Gasteiger partial charge in [-0.05, 0) is 17.2 Å². The van der Waals surface area contributed by atoms with Crippen molar-refractivity contribution in [2.75, 3.05) is 7.05 Å². The number of alkyl halides is 3. The lowest BCUT2D eigenvalue weighted by molar-refractivity contribution is -0.139. The molecule has 0 saturated heterocycles. The molecule has 2 rings (SSSR count). The molecule has 0 heterocycles. The van der Waals surface area contributed by atoms with Crippen LogP contribution in [0.2, 0.25) is 0 Å². The van der Waals surface area contributed by atoms with Crippen LogP contribution in [0.3, 0.4) is 0 Å². The zero-order valence-corrected chi connectivity index (χ0v) is 15.1. The Balaban J connectivity index is 2.13. The van der Waals surface area contributed by atoms with E-state index in [1.54, 1.807) is 24.3 Å². The quantitative estimate of drug-likeness (QED) is 0.828. The molecular formula is C20H21F3N2O2. The first-order chi connectivity index (χ1) is 12.7. The molecule has 1 unspecified atom stereocenters. The Morgan fingerprint density at radius 1 is 1.04 bits per heavy atom. The molecule has 1 N–H and O–H groups in total. The van der Waals surface area contributed by atoms with E-state index in [0.29, 0.717) is 0 Å². The van der Waals surface area contributed by atoms with E-state index in [9.17, 15) is 22.8 Å². The SMILES string of the molecule is CC(=O)NC(CC(=O)N(C)Cc1ccccc1C(F)(F)F)c1ccccc1. The van der Waals surface area contributed by atoms with Crippen molar-refractivity contribution < 1.29 is 22.8 Å². The fourth-order valence-electron chi connectivity index (χ4n) is 2.79. The van der Waals surface area contributed by atoms with Crippen molar-refractivity contribution in [2.24, 2.45) is 0 Å². The molecule has 7 heteroatoms. The predicted octanol–water partition coefficient (Wildman–Crippen LogP) is 3.93. The number of rotatable bonds is 6. The summed E-state index contributed by atoms with van der Waals surface area (Å²) >= 11 is 0. The Bertz CT molecular complexity index is 791. The Kier molecular flexibility index (Phi) is 6.60. The number of hydrogen-bond acceptors (Lipinski definition) is 2. The van der Waals surface area contributed by atoms with E-state index in [2.05, 4.69) is 5.32 Å². The average molecular weight is 378 g/mol. The number of nitrogens with one attached hydrogen (secondary N) is 1. The summed E-state index contributed by atoms with van der Waals surface area (Å²) in [5.74, 6) is -0.656. The van der Waals surface area contributed by atoms with E-state index in [4.69, 9.17) is 0 Å². The van der Waals surface area contributed by atoms with Gasteiger partial charge in [0.2, 0.25) is 11.8 Å². The smallest absolute Gasteiger partial charge is 0.349 e. The third kappa shape index (κ3) is 5.84. The highest BCUT2D eigenvalue weighted by Crippen LogP contribution is 2.32. The normalized spacial score (nSPS) is 12.3. The second-order valence-electron chi connectivity index (χ2n) is 6.27. The summed E-state index contributed by atoms with van der Waals surface area (Å²) in [6, 6.07) is 13.6. The van der Waals surface area contributed by atoms with E-state index in [1.807, 2.05) is 6.07 Å². The number of benzene rings is 2. The molecule has 2 aromatic rings. The highest BCUT2D eigenvalue weighted by atomic mass is 19.4. The Morgan fingerprint density at radius 2 is 1.63 bits per heavy atom. The molecule has 144 valence electrons. The molecule has 1 atom stereocenters. The van der Waals surface area contributed by atoms with Crippen LogP contribution < -0.4 is 5.32 Å². The first-order valence-corrected chi connectivity index (χ1v) is 8.39. The van der Waals surface area contributed by atoms with Crippen LogP contribution in [0.15, 0.2) is 54.6 Å². The lowest BCUT2D eigenvalue weighted by atomic mass is 10.0. The second-order valence-corrected chi connectivity index (χ2v) is 6.27. The zero-order chi connectivity index (χ0) is 20.0. The first-order valence-electron chi connectivity index (χ1n) is 8.39. The van der Waals surface area contributed by atoms with Crippen molar-refractivity contribution in [1.82, 2.24) is 10.2 Å². The number of carbonyl (C=O) groups excluding carboxylic acids is 2. The number of nitrogens with zero attached hydrogens (tertiary/aromatic N) is 1. The van der Waals surface area contributed by atoms with Gasteiger partial charge in [0.15, 0.2) is 0 Å². The van der Waals surface area contributed by atoms with Gasteiger partial charge in [0, 0.05) is 20.5 Å². The van der Waals surface area contributed by atoms with E-state index in [0.717, 1.165) is 11.6 Å². The minimum atomic E-state index is -4.48. The molecular weight excluding hydrogens is 357 g/mol. The van der Waals surface area contributed by atoms with Crippen molar-refractivity contribution in [3.05, 3.63) is 71.3 Å². The van der Waals surface area contributed by atoms with E-state index >= 15 is 0 Å². The predicted molar refractivity (Wildman–Crippen MR) is 95.5 cm³/mol. The van der Waals surface area contributed by atoms with Crippen molar-refractivity contribution in [1.29, 1.82) is 0 Å². The summed E-state index contributed by atoms with van der Waals surface area (Å²) in [7, 11) is 1.45. The molecule has 0 spiro atoms. The van der Waals surface area contributed by atoms with E-state index in [-0.39, 0.29) is 30.3 Å². The van der Waals surface area contributed by atoms with Crippen LogP contribution in [0, 0.1) is 0 Å². The fourth-order valence-corrected chi connectivity index (χ4v) is 2.79. The van der Waals surface area contributed by atoms with Crippen molar-refractivity contribution in [3.8, 4) is 0 Å². The average Bonchev–Trinajstić information content (AvgIpc) is 2.61.